The predicted molar refractivity (Wildman–Crippen MR) is 80.3 cm³/mol. The summed E-state index contributed by atoms with van der Waals surface area (Å²) in [6.07, 6.45) is 5.56. The smallest absolute Gasteiger partial charge is 0.174 e. The molecule has 0 saturated carbocycles. The van der Waals surface area contributed by atoms with Crippen molar-refractivity contribution in [2.24, 2.45) is 5.16 Å². The Morgan fingerprint density at radius 2 is 1.81 bits per heavy atom. The van der Waals surface area contributed by atoms with Crippen molar-refractivity contribution in [3.05, 3.63) is 65.5 Å². The third-order valence-electron chi connectivity index (χ3n) is 3.34. The number of pyridine rings is 1. The summed E-state index contributed by atoms with van der Waals surface area (Å²) in [4.78, 5) is 0. The Labute approximate surface area is 136 Å². The molecule has 2 rings (SSSR count). The van der Waals surface area contributed by atoms with Gasteiger partial charge in [-0.1, -0.05) is 44.1 Å². The van der Waals surface area contributed by atoms with E-state index in [1.807, 2.05) is 30.6 Å². The summed E-state index contributed by atoms with van der Waals surface area (Å²) in [6.45, 7) is 7.28. The zero-order valence-electron chi connectivity index (χ0n) is 12.6. The first-order valence-electron chi connectivity index (χ1n) is 6.75. The van der Waals surface area contributed by atoms with Gasteiger partial charge in [0.05, 0.1) is 6.21 Å². The molecule has 112 valence electrons. The average molecular weight is 349 g/mol. The van der Waals surface area contributed by atoms with Crippen LogP contribution in [0.2, 0.25) is 0 Å². The van der Waals surface area contributed by atoms with Crippen molar-refractivity contribution in [1.29, 1.82) is 0 Å². The van der Waals surface area contributed by atoms with Gasteiger partial charge in [-0.05, 0) is 17.0 Å². The van der Waals surface area contributed by atoms with Crippen molar-refractivity contribution in [1.82, 2.24) is 0 Å². The van der Waals surface area contributed by atoms with Gasteiger partial charge < -0.3 is 22.2 Å². The minimum atomic E-state index is 0. The van der Waals surface area contributed by atoms with E-state index in [0.717, 1.165) is 17.7 Å². The van der Waals surface area contributed by atoms with Gasteiger partial charge in [0.1, 0.15) is 0 Å². The lowest BCUT2D eigenvalue weighted by Gasteiger charge is -2.20. The van der Waals surface area contributed by atoms with E-state index in [1.165, 1.54) is 11.8 Å². The summed E-state index contributed by atoms with van der Waals surface area (Å²) in [5, 5.41) is 12.1. The van der Waals surface area contributed by atoms with Crippen LogP contribution in [0, 0.1) is 0 Å². The van der Waals surface area contributed by atoms with Crippen LogP contribution in [0.5, 0.6) is 0 Å². The molecule has 4 heteroatoms. The standard InChI is InChI=1S/C17H20N2O.BrH/c1-17(2,3)16-8-7-14(15(11-16)12-18-20)13-19-9-5-4-6-10-19;/h4-12H,13H2,1-3H3;1H. The van der Waals surface area contributed by atoms with Gasteiger partial charge >= 0.3 is 0 Å². The number of nitrogens with zero attached hydrogens (tertiary/aromatic N) is 2. The highest BCUT2D eigenvalue weighted by Gasteiger charge is 2.16. The monoisotopic (exact) mass is 348 g/mol. The quantitative estimate of drug-likeness (QED) is 0.364. The first-order chi connectivity index (χ1) is 9.50. The number of rotatable bonds is 3. The lowest BCUT2D eigenvalue weighted by molar-refractivity contribution is -0.688. The van der Waals surface area contributed by atoms with Crippen LogP contribution in [-0.2, 0) is 12.0 Å². The van der Waals surface area contributed by atoms with Gasteiger partial charge in [-0.2, -0.15) is 0 Å². The van der Waals surface area contributed by atoms with Crippen LogP contribution in [0.25, 0.3) is 0 Å². The molecule has 0 fully saturated rings. The SMILES string of the molecule is CC(C)(C)c1ccc(C[n+]2ccccc2)c(C=NO)c1.[Br-]. The van der Waals surface area contributed by atoms with Gasteiger partial charge in [-0.25, -0.2) is 4.57 Å². The number of aromatic nitrogens is 1. The van der Waals surface area contributed by atoms with Crippen LogP contribution in [0.15, 0.2) is 53.9 Å². The van der Waals surface area contributed by atoms with Gasteiger partial charge in [0.15, 0.2) is 18.9 Å². The second-order valence-corrected chi connectivity index (χ2v) is 5.96. The fraction of sp³-hybridized carbons (Fsp3) is 0.294. The van der Waals surface area contributed by atoms with E-state index >= 15 is 0 Å². The van der Waals surface area contributed by atoms with Crippen LogP contribution < -0.4 is 21.5 Å². The summed E-state index contributed by atoms with van der Waals surface area (Å²) in [6, 6.07) is 12.4. The average Bonchev–Trinajstić information content (AvgIpc) is 2.41. The summed E-state index contributed by atoms with van der Waals surface area (Å²) >= 11 is 0. The van der Waals surface area contributed by atoms with Gasteiger partial charge in [0.25, 0.3) is 0 Å². The molecule has 0 saturated heterocycles. The van der Waals surface area contributed by atoms with E-state index in [2.05, 4.69) is 48.7 Å². The van der Waals surface area contributed by atoms with Crippen LogP contribution in [0.4, 0.5) is 0 Å². The zero-order chi connectivity index (χ0) is 14.6. The lowest BCUT2D eigenvalue weighted by atomic mass is 9.85. The van der Waals surface area contributed by atoms with Crippen molar-refractivity contribution in [2.45, 2.75) is 32.7 Å². The Kier molecular flexibility index (Phi) is 6.09. The molecule has 0 amide bonds. The summed E-state index contributed by atoms with van der Waals surface area (Å²) in [5.41, 5.74) is 3.40. The first-order valence-corrected chi connectivity index (χ1v) is 6.75. The Balaban J connectivity index is 0.00000220. The minimum absolute atomic E-state index is 0. The van der Waals surface area contributed by atoms with Crippen molar-refractivity contribution in [3.63, 3.8) is 0 Å². The van der Waals surface area contributed by atoms with Crippen LogP contribution >= 0.6 is 0 Å². The molecule has 1 N–H and O–H groups in total. The summed E-state index contributed by atoms with van der Waals surface area (Å²) < 4.78 is 2.10. The molecule has 0 atom stereocenters. The molecule has 1 aromatic carbocycles. The number of hydrogen-bond acceptors (Lipinski definition) is 2. The highest BCUT2D eigenvalue weighted by molar-refractivity contribution is 5.81. The fourth-order valence-electron chi connectivity index (χ4n) is 2.12. The number of hydrogen-bond donors (Lipinski definition) is 1. The Morgan fingerprint density at radius 3 is 2.38 bits per heavy atom. The Hall–Kier alpha value is -1.68. The van der Waals surface area contributed by atoms with Crippen molar-refractivity contribution in [3.8, 4) is 0 Å². The molecule has 0 bridgehead atoms. The minimum Gasteiger partial charge on any atom is -1.00 e. The van der Waals surface area contributed by atoms with Crippen molar-refractivity contribution < 1.29 is 26.8 Å². The maximum Gasteiger partial charge on any atom is 0.174 e. The van der Waals surface area contributed by atoms with Crippen LogP contribution in [-0.4, -0.2) is 11.4 Å². The number of benzene rings is 1. The predicted octanol–water partition coefficient (Wildman–Crippen LogP) is 0.132. The van der Waals surface area contributed by atoms with Crippen molar-refractivity contribution in [2.75, 3.05) is 0 Å². The third kappa shape index (κ3) is 4.67. The number of halogens is 1. The summed E-state index contributed by atoms with van der Waals surface area (Å²) in [5.74, 6) is 0. The summed E-state index contributed by atoms with van der Waals surface area (Å²) in [7, 11) is 0. The third-order valence-corrected chi connectivity index (χ3v) is 3.34. The molecule has 0 radical (unpaired) electrons. The number of oxime groups is 1. The molecule has 1 aromatic heterocycles. The maximum absolute atomic E-state index is 8.87. The maximum atomic E-state index is 8.87. The molecule has 0 unspecified atom stereocenters. The highest BCUT2D eigenvalue weighted by atomic mass is 79.9. The van der Waals surface area contributed by atoms with E-state index in [9.17, 15) is 0 Å². The molecule has 21 heavy (non-hydrogen) atoms. The molecule has 1 heterocycles. The lowest BCUT2D eigenvalue weighted by Crippen LogP contribution is -3.00. The van der Waals surface area contributed by atoms with Crippen molar-refractivity contribution >= 4 is 6.21 Å². The molecule has 0 spiro atoms. The molecular formula is C17H21BrN2O. The molecular weight excluding hydrogens is 328 g/mol. The first kappa shape index (κ1) is 17.4. The van der Waals surface area contributed by atoms with Gasteiger partial charge in [-0.15, -0.1) is 0 Å². The van der Waals surface area contributed by atoms with E-state index in [-0.39, 0.29) is 22.4 Å². The highest BCUT2D eigenvalue weighted by Crippen LogP contribution is 2.24. The molecule has 0 aliphatic rings. The fourth-order valence-corrected chi connectivity index (χ4v) is 2.12. The van der Waals surface area contributed by atoms with Crippen LogP contribution in [0.1, 0.15) is 37.5 Å². The normalized spacial score (nSPS) is 11.4. The second-order valence-electron chi connectivity index (χ2n) is 5.96. The second kappa shape index (κ2) is 7.36. The Bertz CT molecular complexity index is 604. The topological polar surface area (TPSA) is 36.5 Å². The largest absolute Gasteiger partial charge is 1.00 e. The van der Waals surface area contributed by atoms with E-state index in [1.54, 1.807) is 0 Å². The Morgan fingerprint density at radius 1 is 1.14 bits per heavy atom. The van der Waals surface area contributed by atoms with Gasteiger partial charge in [0, 0.05) is 23.3 Å². The van der Waals surface area contributed by atoms with E-state index < -0.39 is 0 Å². The zero-order valence-corrected chi connectivity index (χ0v) is 14.2. The van der Waals surface area contributed by atoms with Gasteiger partial charge in [-0.3, -0.25) is 0 Å². The molecule has 0 aliphatic carbocycles. The molecule has 3 nitrogen and oxygen atoms in total. The molecule has 0 aliphatic heterocycles. The van der Waals surface area contributed by atoms with E-state index in [0.29, 0.717) is 0 Å². The molecule has 2 aromatic rings. The van der Waals surface area contributed by atoms with Crippen LogP contribution in [0.3, 0.4) is 0 Å². The van der Waals surface area contributed by atoms with Gasteiger partial charge in [0.2, 0.25) is 0 Å². The van der Waals surface area contributed by atoms with E-state index in [4.69, 9.17) is 5.21 Å².